The summed E-state index contributed by atoms with van der Waals surface area (Å²) >= 11 is 0. The van der Waals surface area contributed by atoms with Gasteiger partial charge in [-0.05, 0) is 32.1 Å². The molecule has 7 nitrogen and oxygen atoms in total. The van der Waals surface area contributed by atoms with Gasteiger partial charge in [-0.15, -0.1) is 5.10 Å². The molecular formula is C16H24N6O. The molecule has 1 aliphatic carbocycles. The molecule has 3 heterocycles. The molecule has 2 atom stereocenters. The average Bonchev–Trinajstić information content (AvgIpc) is 2.93. The second-order valence-electron chi connectivity index (χ2n) is 6.75. The fraction of sp³-hybridized carbons (Fsp3) is 0.688. The van der Waals surface area contributed by atoms with E-state index in [9.17, 15) is 0 Å². The molecule has 0 radical (unpaired) electrons. The zero-order chi connectivity index (χ0) is 15.8. The van der Waals surface area contributed by atoms with E-state index in [-0.39, 0.29) is 6.10 Å². The molecule has 2 aromatic heterocycles. The molecule has 7 heteroatoms. The maximum atomic E-state index is 5.94. The van der Waals surface area contributed by atoms with E-state index in [1.165, 1.54) is 24.1 Å². The topological polar surface area (TPSA) is 69.8 Å². The highest BCUT2D eigenvalue weighted by Crippen LogP contribution is 2.31. The van der Waals surface area contributed by atoms with E-state index in [0.717, 1.165) is 37.7 Å². The lowest BCUT2D eigenvalue weighted by molar-refractivity contribution is 0.0978. The fourth-order valence-corrected chi connectivity index (χ4v) is 3.21. The first-order valence-corrected chi connectivity index (χ1v) is 8.43. The van der Waals surface area contributed by atoms with Gasteiger partial charge in [-0.2, -0.15) is 5.10 Å². The quantitative estimate of drug-likeness (QED) is 0.871. The Hall–Kier alpha value is -1.73. The summed E-state index contributed by atoms with van der Waals surface area (Å²) in [5.41, 5.74) is 3.35. The van der Waals surface area contributed by atoms with Gasteiger partial charge in [-0.3, -0.25) is 9.36 Å². The van der Waals surface area contributed by atoms with Crippen molar-refractivity contribution in [2.45, 2.75) is 51.4 Å². The minimum absolute atomic E-state index is 0.0743. The Bertz CT molecular complexity index is 674. The van der Waals surface area contributed by atoms with Crippen molar-refractivity contribution in [3.05, 3.63) is 29.3 Å². The minimum Gasteiger partial charge on any atom is -0.372 e. The van der Waals surface area contributed by atoms with Crippen LogP contribution in [0.5, 0.6) is 0 Å². The van der Waals surface area contributed by atoms with Crippen molar-refractivity contribution in [1.82, 2.24) is 30.1 Å². The third kappa shape index (κ3) is 3.16. The second kappa shape index (κ2) is 6.05. The van der Waals surface area contributed by atoms with E-state index in [4.69, 9.17) is 4.74 Å². The van der Waals surface area contributed by atoms with E-state index in [1.807, 2.05) is 22.6 Å². The van der Waals surface area contributed by atoms with Crippen LogP contribution in [0.3, 0.4) is 0 Å². The molecule has 1 saturated heterocycles. The Kier molecular flexibility index (Phi) is 3.90. The van der Waals surface area contributed by atoms with Crippen molar-refractivity contribution in [2.24, 2.45) is 13.0 Å². The fourth-order valence-electron chi connectivity index (χ4n) is 3.21. The third-order valence-corrected chi connectivity index (χ3v) is 4.95. The van der Waals surface area contributed by atoms with Crippen molar-refractivity contribution < 1.29 is 4.74 Å². The van der Waals surface area contributed by atoms with Crippen LogP contribution in [0.15, 0.2) is 12.4 Å². The number of hydrogen-bond donors (Lipinski definition) is 1. The first-order valence-electron chi connectivity index (χ1n) is 8.43. The van der Waals surface area contributed by atoms with Gasteiger partial charge >= 0.3 is 0 Å². The molecule has 23 heavy (non-hydrogen) atoms. The molecule has 2 fully saturated rings. The lowest BCUT2D eigenvalue weighted by Gasteiger charge is -2.19. The molecule has 1 saturated carbocycles. The molecule has 4 rings (SSSR count). The number of ether oxygens (including phenoxy) is 1. The molecule has 0 spiro atoms. The van der Waals surface area contributed by atoms with Gasteiger partial charge in [0.1, 0.15) is 6.10 Å². The van der Waals surface area contributed by atoms with Crippen LogP contribution in [0.2, 0.25) is 0 Å². The van der Waals surface area contributed by atoms with Gasteiger partial charge in [0.15, 0.2) is 0 Å². The molecule has 2 aliphatic rings. The number of hydrogen-bond acceptors (Lipinski definition) is 5. The first kappa shape index (κ1) is 14.8. The number of rotatable bonds is 6. The smallest absolute Gasteiger partial charge is 0.101 e. The van der Waals surface area contributed by atoms with Gasteiger partial charge in [0.25, 0.3) is 0 Å². The molecule has 2 aromatic rings. The number of aromatic nitrogens is 5. The highest BCUT2D eigenvalue weighted by Gasteiger charge is 2.31. The van der Waals surface area contributed by atoms with Crippen LogP contribution in [-0.2, 0) is 24.9 Å². The first-order chi connectivity index (χ1) is 11.2. The monoisotopic (exact) mass is 316 g/mol. The predicted octanol–water partition coefficient (Wildman–Crippen LogP) is 1.35. The highest BCUT2D eigenvalue weighted by molar-refractivity contribution is 5.22. The zero-order valence-electron chi connectivity index (χ0n) is 13.8. The van der Waals surface area contributed by atoms with Crippen LogP contribution in [0, 0.1) is 12.8 Å². The van der Waals surface area contributed by atoms with Gasteiger partial charge in [0.2, 0.25) is 0 Å². The van der Waals surface area contributed by atoms with E-state index < -0.39 is 0 Å². The largest absolute Gasteiger partial charge is 0.372 e. The van der Waals surface area contributed by atoms with Crippen molar-refractivity contribution in [1.29, 1.82) is 0 Å². The molecule has 124 valence electrons. The highest BCUT2D eigenvalue weighted by atomic mass is 16.5. The van der Waals surface area contributed by atoms with Crippen LogP contribution in [0.25, 0.3) is 0 Å². The zero-order valence-corrected chi connectivity index (χ0v) is 13.8. The van der Waals surface area contributed by atoms with Gasteiger partial charge in [0, 0.05) is 50.2 Å². The van der Waals surface area contributed by atoms with Gasteiger partial charge < -0.3 is 10.1 Å². The predicted molar refractivity (Wildman–Crippen MR) is 84.6 cm³/mol. The van der Waals surface area contributed by atoms with Crippen LogP contribution >= 0.6 is 0 Å². The molecule has 0 amide bonds. The third-order valence-electron chi connectivity index (χ3n) is 4.95. The Balaban J connectivity index is 1.37. The summed E-state index contributed by atoms with van der Waals surface area (Å²) in [6.45, 7) is 4.61. The van der Waals surface area contributed by atoms with Gasteiger partial charge in [-0.25, -0.2) is 0 Å². The summed E-state index contributed by atoms with van der Waals surface area (Å²) in [6.07, 6.45) is 7.73. The van der Waals surface area contributed by atoms with Gasteiger partial charge in [-0.1, -0.05) is 5.21 Å². The standard InChI is InChI=1S/C16H24N6O/c1-11-14(8-18-21(11)2)16-15(5-6-23-16)17-7-13-10-22(20-19-13)9-12-3-4-12/h8,10,12,15-17H,3-7,9H2,1-2H3/t15-,16+/m0/s1. The summed E-state index contributed by atoms with van der Waals surface area (Å²) in [5.74, 6) is 0.818. The maximum absolute atomic E-state index is 5.94. The summed E-state index contributed by atoms with van der Waals surface area (Å²) in [7, 11) is 1.97. The van der Waals surface area contributed by atoms with Crippen LogP contribution < -0.4 is 5.32 Å². The minimum atomic E-state index is 0.0743. The summed E-state index contributed by atoms with van der Waals surface area (Å²) in [4.78, 5) is 0. The second-order valence-corrected chi connectivity index (χ2v) is 6.75. The summed E-state index contributed by atoms with van der Waals surface area (Å²) in [5, 5.41) is 16.4. The maximum Gasteiger partial charge on any atom is 0.101 e. The summed E-state index contributed by atoms with van der Waals surface area (Å²) < 4.78 is 9.82. The molecule has 1 N–H and O–H groups in total. The summed E-state index contributed by atoms with van der Waals surface area (Å²) in [6, 6.07) is 0.298. The van der Waals surface area contributed by atoms with E-state index in [0.29, 0.717) is 6.04 Å². The van der Waals surface area contributed by atoms with E-state index >= 15 is 0 Å². The van der Waals surface area contributed by atoms with E-state index in [2.05, 4.69) is 33.8 Å². The Morgan fingerprint density at radius 3 is 2.96 bits per heavy atom. The van der Waals surface area contributed by atoms with Crippen molar-refractivity contribution in [2.75, 3.05) is 6.61 Å². The number of nitrogens with zero attached hydrogens (tertiary/aromatic N) is 5. The average molecular weight is 316 g/mol. The SMILES string of the molecule is Cc1c([C@H]2OCC[C@@H]2NCc2cn(CC3CC3)nn2)cnn1C. The Labute approximate surface area is 136 Å². The van der Waals surface area contributed by atoms with Crippen LogP contribution in [-0.4, -0.2) is 37.4 Å². The van der Waals surface area contributed by atoms with Crippen LogP contribution in [0.4, 0.5) is 0 Å². The number of nitrogens with one attached hydrogen (secondary N) is 1. The Morgan fingerprint density at radius 2 is 2.22 bits per heavy atom. The van der Waals surface area contributed by atoms with Crippen molar-refractivity contribution in [3.8, 4) is 0 Å². The van der Waals surface area contributed by atoms with Crippen molar-refractivity contribution in [3.63, 3.8) is 0 Å². The van der Waals surface area contributed by atoms with Crippen LogP contribution in [0.1, 0.15) is 42.3 Å². The lowest BCUT2D eigenvalue weighted by atomic mass is 10.0. The van der Waals surface area contributed by atoms with Gasteiger partial charge in [0.05, 0.1) is 11.9 Å². The Morgan fingerprint density at radius 1 is 1.35 bits per heavy atom. The van der Waals surface area contributed by atoms with E-state index in [1.54, 1.807) is 0 Å². The molecule has 0 aromatic carbocycles. The lowest BCUT2D eigenvalue weighted by Crippen LogP contribution is -2.31. The van der Waals surface area contributed by atoms with Crippen molar-refractivity contribution >= 4 is 0 Å². The number of aryl methyl sites for hydroxylation is 1. The normalized spacial score (nSPS) is 24.4. The molecule has 1 aliphatic heterocycles. The molecule has 0 unspecified atom stereocenters. The molecule has 0 bridgehead atoms. The molecular weight excluding hydrogens is 292 g/mol.